The molecule has 2 heterocycles. The number of hydrogen-bond acceptors (Lipinski definition) is 3. The number of carboxylic acids is 1. The Morgan fingerprint density at radius 3 is 2.78 bits per heavy atom. The molecule has 2 rings (SSSR count). The molecule has 1 fully saturated rings. The van der Waals surface area contributed by atoms with Crippen molar-refractivity contribution < 1.29 is 14.7 Å². The van der Waals surface area contributed by atoms with Gasteiger partial charge in [-0.1, -0.05) is 0 Å². The molecule has 1 aliphatic rings. The van der Waals surface area contributed by atoms with E-state index in [4.69, 9.17) is 5.11 Å². The van der Waals surface area contributed by atoms with Crippen LogP contribution in [0.5, 0.6) is 0 Å². The Labute approximate surface area is 103 Å². The molecule has 6 nitrogen and oxygen atoms in total. The number of carbonyl (C=O) groups excluding carboxylic acids is 1. The molecule has 2 N–H and O–H groups in total. The van der Waals surface area contributed by atoms with E-state index in [-0.39, 0.29) is 5.56 Å². The van der Waals surface area contributed by atoms with Crippen LogP contribution in [0.25, 0.3) is 0 Å². The van der Waals surface area contributed by atoms with E-state index in [1.54, 1.807) is 13.0 Å². The summed E-state index contributed by atoms with van der Waals surface area (Å²) in [5.74, 6) is -1.54. The van der Waals surface area contributed by atoms with Crippen molar-refractivity contribution in [2.75, 3.05) is 6.54 Å². The average Bonchev–Trinajstić information content (AvgIpc) is 2.77. The number of amides is 1. The highest BCUT2D eigenvalue weighted by Gasteiger charge is 2.35. The molecule has 0 unspecified atom stereocenters. The van der Waals surface area contributed by atoms with E-state index in [2.05, 4.69) is 4.98 Å². The van der Waals surface area contributed by atoms with E-state index in [0.29, 0.717) is 25.1 Å². The molecule has 1 aromatic heterocycles. The predicted octanol–water partition coefficient (Wildman–Crippen LogP) is 0.373. The molecule has 1 aromatic rings. The number of pyridine rings is 1. The lowest BCUT2D eigenvalue weighted by Crippen LogP contribution is -2.42. The maximum atomic E-state index is 12.1. The molecule has 0 aliphatic carbocycles. The van der Waals surface area contributed by atoms with Gasteiger partial charge in [0, 0.05) is 12.2 Å². The second kappa shape index (κ2) is 4.64. The van der Waals surface area contributed by atoms with Gasteiger partial charge in [0.1, 0.15) is 11.6 Å². The summed E-state index contributed by atoms with van der Waals surface area (Å²) in [4.78, 5) is 38.6. The quantitative estimate of drug-likeness (QED) is 0.793. The molecule has 6 heteroatoms. The fraction of sp³-hybridized carbons (Fsp3) is 0.417. The second-order valence-electron chi connectivity index (χ2n) is 4.38. The van der Waals surface area contributed by atoms with E-state index < -0.39 is 23.5 Å². The number of rotatable bonds is 2. The Bertz CT molecular complexity index is 549. The number of aromatic amines is 1. The molecule has 1 amide bonds. The summed E-state index contributed by atoms with van der Waals surface area (Å²) in [6.07, 6.45) is 1.08. The fourth-order valence-corrected chi connectivity index (χ4v) is 2.16. The summed E-state index contributed by atoms with van der Waals surface area (Å²) in [6.45, 7) is 2.09. The molecule has 0 bridgehead atoms. The zero-order valence-corrected chi connectivity index (χ0v) is 9.97. The lowest BCUT2D eigenvalue weighted by molar-refractivity contribution is -0.141. The molecule has 1 aliphatic heterocycles. The van der Waals surface area contributed by atoms with Crippen molar-refractivity contribution in [3.8, 4) is 0 Å². The van der Waals surface area contributed by atoms with Crippen molar-refractivity contribution in [1.29, 1.82) is 0 Å². The number of H-pyrrole nitrogens is 1. The standard InChI is InChI=1S/C12H14N2O4/c1-7-4-5-8(10(15)13-7)11(16)14-6-2-3-9(14)12(17)18/h4-5,9H,2-3,6H2,1H3,(H,13,15)(H,17,18)/t9-/m1/s1. The summed E-state index contributed by atoms with van der Waals surface area (Å²) in [6, 6.07) is 2.24. The van der Waals surface area contributed by atoms with Crippen LogP contribution < -0.4 is 5.56 Å². The molecule has 18 heavy (non-hydrogen) atoms. The molecule has 0 spiro atoms. The Morgan fingerprint density at radius 1 is 1.44 bits per heavy atom. The highest BCUT2D eigenvalue weighted by Crippen LogP contribution is 2.19. The van der Waals surface area contributed by atoms with Gasteiger partial charge in [0.15, 0.2) is 0 Å². The third kappa shape index (κ3) is 2.13. The second-order valence-corrected chi connectivity index (χ2v) is 4.38. The molecule has 0 saturated carbocycles. The van der Waals surface area contributed by atoms with Crippen LogP contribution in [0, 0.1) is 6.92 Å². The van der Waals surface area contributed by atoms with Crippen molar-refractivity contribution in [3.63, 3.8) is 0 Å². The van der Waals surface area contributed by atoms with E-state index >= 15 is 0 Å². The van der Waals surface area contributed by atoms with E-state index in [9.17, 15) is 14.4 Å². The first-order valence-corrected chi connectivity index (χ1v) is 5.74. The molecular formula is C12H14N2O4. The third-order valence-electron chi connectivity index (χ3n) is 3.08. The fourth-order valence-electron chi connectivity index (χ4n) is 2.16. The molecule has 96 valence electrons. The zero-order chi connectivity index (χ0) is 13.3. The first kappa shape index (κ1) is 12.3. The van der Waals surface area contributed by atoms with Gasteiger partial charge in [0.2, 0.25) is 0 Å². The van der Waals surface area contributed by atoms with Crippen LogP contribution in [-0.2, 0) is 4.79 Å². The smallest absolute Gasteiger partial charge is 0.326 e. The first-order chi connectivity index (χ1) is 8.50. The topological polar surface area (TPSA) is 90.5 Å². The molecule has 0 radical (unpaired) electrons. The van der Waals surface area contributed by atoms with Gasteiger partial charge >= 0.3 is 5.97 Å². The van der Waals surface area contributed by atoms with Crippen LogP contribution in [0.3, 0.4) is 0 Å². The Kier molecular flexibility index (Phi) is 3.18. The normalized spacial score (nSPS) is 18.9. The SMILES string of the molecule is Cc1ccc(C(=O)N2CCC[C@@H]2C(=O)O)c(=O)[nH]1. The Morgan fingerprint density at radius 2 is 2.17 bits per heavy atom. The maximum Gasteiger partial charge on any atom is 0.326 e. The summed E-state index contributed by atoms with van der Waals surface area (Å²) < 4.78 is 0. The maximum absolute atomic E-state index is 12.1. The number of carboxylic acid groups (broad SMARTS) is 1. The minimum atomic E-state index is -1.02. The summed E-state index contributed by atoms with van der Waals surface area (Å²) >= 11 is 0. The number of nitrogens with one attached hydrogen (secondary N) is 1. The Hall–Kier alpha value is -2.11. The van der Waals surface area contributed by atoms with Gasteiger partial charge in [-0.05, 0) is 31.9 Å². The Balaban J connectivity index is 2.31. The highest BCUT2D eigenvalue weighted by atomic mass is 16.4. The van der Waals surface area contributed by atoms with Crippen molar-refractivity contribution in [3.05, 3.63) is 33.7 Å². The minimum absolute atomic E-state index is 0.00579. The molecule has 0 aromatic carbocycles. The van der Waals surface area contributed by atoms with Gasteiger partial charge in [-0.15, -0.1) is 0 Å². The van der Waals surface area contributed by atoms with Crippen molar-refractivity contribution in [1.82, 2.24) is 9.88 Å². The number of hydrogen-bond donors (Lipinski definition) is 2. The summed E-state index contributed by atoms with van der Waals surface area (Å²) in [5, 5.41) is 9.01. The van der Waals surface area contributed by atoms with Crippen LogP contribution >= 0.6 is 0 Å². The first-order valence-electron chi connectivity index (χ1n) is 5.74. The molecular weight excluding hydrogens is 236 g/mol. The number of aryl methyl sites for hydroxylation is 1. The number of aromatic nitrogens is 1. The van der Waals surface area contributed by atoms with Crippen LogP contribution in [0.15, 0.2) is 16.9 Å². The lowest BCUT2D eigenvalue weighted by atomic mass is 10.2. The lowest BCUT2D eigenvalue weighted by Gasteiger charge is -2.20. The van der Waals surface area contributed by atoms with Gasteiger partial charge in [0.05, 0.1) is 0 Å². The minimum Gasteiger partial charge on any atom is -0.480 e. The number of aliphatic carboxylic acids is 1. The number of likely N-dealkylation sites (tertiary alicyclic amines) is 1. The van der Waals surface area contributed by atoms with Crippen LogP contribution in [0.1, 0.15) is 28.9 Å². The summed E-state index contributed by atoms with van der Waals surface area (Å²) in [5.41, 5.74) is 0.178. The van der Waals surface area contributed by atoms with Crippen LogP contribution in [0.2, 0.25) is 0 Å². The van der Waals surface area contributed by atoms with E-state index in [1.165, 1.54) is 11.0 Å². The van der Waals surface area contributed by atoms with E-state index in [1.807, 2.05) is 0 Å². The zero-order valence-electron chi connectivity index (χ0n) is 9.97. The molecule has 1 atom stereocenters. The van der Waals surface area contributed by atoms with Crippen molar-refractivity contribution in [2.45, 2.75) is 25.8 Å². The largest absolute Gasteiger partial charge is 0.480 e. The number of carbonyl (C=O) groups is 2. The van der Waals surface area contributed by atoms with E-state index in [0.717, 1.165) is 0 Å². The van der Waals surface area contributed by atoms with Gasteiger partial charge in [-0.25, -0.2) is 4.79 Å². The van der Waals surface area contributed by atoms with Gasteiger partial charge < -0.3 is 15.0 Å². The number of nitrogens with zero attached hydrogens (tertiary/aromatic N) is 1. The van der Waals surface area contributed by atoms with Gasteiger partial charge in [-0.3, -0.25) is 9.59 Å². The van der Waals surface area contributed by atoms with Crippen molar-refractivity contribution in [2.24, 2.45) is 0 Å². The predicted molar refractivity (Wildman–Crippen MR) is 63.5 cm³/mol. The average molecular weight is 250 g/mol. The highest BCUT2D eigenvalue weighted by molar-refractivity contribution is 5.96. The van der Waals surface area contributed by atoms with Crippen LogP contribution in [0.4, 0.5) is 0 Å². The van der Waals surface area contributed by atoms with Gasteiger partial charge in [0.25, 0.3) is 11.5 Å². The third-order valence-corrected chi connectivity index (χ3v) is 3.08. The summed E-state index contributed by atoms with van der Waals surface area (Å²) in [7, 11) is 0. The molecule has 1 saturated heterocycles. The van der Waals surface area contributed by atoms with Gasteiger partial charge in [-0.2, -0.15) is 0 Å². The van der Waals surface area contributed by atoms with Crippen molar-refractivity contribution >= 4 is 11.9 Å². The van der Waals surface area contributed by atoms with Crippen LogP contribution in [-0.4, -0.2) is 39.5 Å². The monoisotopic (exact) mass is 250 g/mol.